The standard InChI is InChI=1S/C15H17NO4/c1-10(18)2-7-14-13(8-15(19)20-14)16-12-5-3-11(9-17)4-6-12/h2-7,9-10,13-14,16,18H,8H2,1H3/b7-2+/t10-,13-,14-/m0/s1. The summed E-state index contributed by atoms with van der Waals surface area (Å²) in [4.78, 5) is 22.0. The Morgan fingerprint density at radius 2 is 2.10 bits per heavy atom. The number of carbonyl (C=O) groups is 2. The van der Waals surface area contributed by atoms with Crippen molar-refractivity contribution in [3.63, 3.8) is 0 Å². The molecule has 0 saturated carbocycles. The van der Waals surface area contributed by atoms with Gasteiger partial charge in [0.1, 0.15) is 12.4 Å². The van der Waals surface area contributed by atoms with Crippen LogP contribution in [0.5, 0.6) is 0 Å². The van der Waals surface area contributed by atoms with Crippen molar-refractivity contribution in [1.82, 2.24) is 0 Å². The SMILES string of the molecule is C[C@H](O)/C=C/[C@@H]1OC(=O)C[C@@H]1Nc1ccc(C=O)cc1. The second kappa shape index (κ2) is 6.34. The molecule has 0 unspecified atom stereocenters. The maximum Gasteiger partial charge on any atom is 0.308 e. The molecule has 1 aliphatic rings. The zero-order valence-corrected chi connectivity index (χ0v) is 11.2. The number of hydrogen-bond acceptors (Lipinski definition) is 5. The molecule has 0 spiro atoms. The molecule has 0 aliphatic carbocycles. The fraction of sp³-hybridized carbons (Fsp3) is 0.333. The molecule has 1 heterocycles. The van der Waals surface area contributed by atoms with Gasteiger partial charge in [-0.3, -0.25) is 9.59 Å². The third-order valence-corrected chi connectivity index (χ3v) is 3.03. The van der Waals surface area contributed by atoms with E-state index < -0.39 is 12.2 Å². The zero-order valence-electron chi connectivity index (χ0n) is 11.2. The molecule has 1 fully saturated rings. The molecule has 106 valence electrons. The van der Waals surface area contributed by atoms with E-state index in [0.29, 0.717) is 5.56 Å². The second-order valence-electron chi connectivity index (χ2n) is 4.77. The number of cyclic esters (lactones) is 1. The first kappa shape index (κ1) is 14.3. The van der Waals surface area contributed by atoms with Crippen molar-refractivity contribution >= 4 is 17.9 Å². The van der Waals surface area contributed by atoms with Crippen LogP contribution < -0.4 is 5.32 Å². The van der Waals surface area contributed by atoms with Crippen molar-refractivity contribution in [3.05, 3.63) is 42.0 Å². The first-order valence-electron chi connectivity index (χ1n) is 6.46. The number of rotatable bonds is 5. The van der Waals surface area contributed by atoms with E-state index in [-0.39, 0.29) is 18.4 Å². The van der Waals surface area contributed by atoms with E-state index in [0.717, 1.165) is 12.0 Å². The Kier molecular flexibility index (Phi) is 4.53. The lowest BCUT2D eigenvalue weighted by Gasteiger charge is -2.17. The molecule has 5 nitrogen and oxygen atoms in total. The molecule has 0 amide bonds. The van der Waals surface area contributed by atoms with Crippen LogP contribution >= 0.6 is 0 Å². The number of ether oxygens (including phenoxy) is 1. The van der Waals surface area contributed by atoms with Gasteiger partial charge in [-0.05, 0) is 37.3 Å². The predicted molar refractivity (Wildman–Crippen MR) is 74.6 cm³/mol. The van der Waals surface area contributed by atoms with Gasteiger partial charge in [0.05, 0.1) is 18.6 Å². The summed E-state index contributed by atoms with van der Waals surface area (Å²) < 4.78 is 5.19. The van der Waals surface area contributed by atoms with Crippen LogP contribution in [0.3, 0.4) is 0 Å². The number of aliphatic hydroxyl groups is 1. The van der Waals surface area contributed by atoms with E-state index in [4.69, 9.17) is 4.74 Å². The van der Waals surface area contributed by atoms with Crippen molar-refractivity contribution in [1.29, 1.82) is 0 Å². The Bertz CT molecular complexity index is 507. The van der Waals surface area contributed by atoms with Crippen molar-refractivity contribution in [2.75, 3.05) is 5.32 Å². The molecule has 0 bridgehead atoms. The molecule has 0 radical (unpaired) electrons. The van der Waals surface area contributed by atoms with Gasteiger partial charge in [-0.2, -0.15) is 0 Å². The number of anilines is 1. The topological polar surface area (TPSA) is 75.6 Å². The molecular weight excluding hydrogens is 258 g/mol. The molecule has 1 aliphatic heterocycles. The van der Waals surface area contributed by atoms with E-state index in [9.17, 15) is 14.7 Å². The van der Waals surface area contributed by atoms with Crippen LogP contribution in [0.1, 0.15) is 23.7 Å². The summed E-state index contributed by atoms with van der Waals surface area (Å²) in [5.74, 6) is -0.271. The number of aldehydes is 1. The summed E-state index contributed by atoms with van der Waals surface area (Å²) in [6.07, 6.45) is 3.34. The highest BCUT2D eigenvalue weighted by Crippen LogP contribution is 2.21. The van der Waals surface area contributed by atoms with Gasteiger partial charge in [0, 0.05) is 11.3 Å². The van der Waals surface area contributed by atoms with Gasteiger partial charge in [0.25, 0.3) is 0 Å². The molecule has 5 heteroatoms. The highest BCUT2D eigenvalue weighted by atomic mass is 16.6. The van der Waals surface area contributed by atoms with Crippen LogP contribution in [0.4, 0.5) is 5.69 Å². The molecule has 2 rings (SSSR count). The van der Waals surface area contributed by atoms with E-state index in [1.165, 1.54) is 0 Å². The minimum Gasteiger partial charge on any atom is -0.456 e. The van der Waals surface area contributed by atoms with Crippen molar-refractivity contribution in [2.45, 2.75) is 31.6 Å². The summed E-state index contributed by atoms with van der Waals surface area (Å²) in [5.41, 5.74) is 1.41. The van der Waals surface area contributed by atoms with Gasteiger partial charge in [-0.25, -0.2) is 0 Å². The van der Waals surface area contributed by atoms with E-state index in [1.54, 1.807) is 43.3 Å². The Morgan fingerprint density at radius 1 is 1.40 bits per heavy atom. The first-order valence-corrected chi connectivity index (χ1v) is 6.46. The molecular formula is C15H17NO4. The highest BCUT2D eigenvalue weighted by Gasteiger charge is 2.32. The number of hydrogen-bond donors (Lipinski definition) is 2. The van der Waals surface area contributed by atoms with Gasteiger partial charge in [-0.15, -0.1) is 0 Å². The summed E-state index contributed by atoms with van der Waals surface area (Å²) in [6.45, 7) is 1.63. The normalized spacial score (nSPS) is 23.6. The Morgan fingerprint density at radius 3 is 2.70 bits per heavy atom. The molecule has 0 aromatic heterocycles. The molecule has 1 aromatic carbocycles. The van der Waals surface area contributed by atoms with Gasteiger partial charge < -0.3 is 15.2 Å². The summed E-state index contributed by atoms with van der Waals surface area (Å²) in [5, 5.41) is 12.4. The second-order valence-corrected chi connectivity index (χ2v) is 4.77. The first-order chi connectivity index (χ1) is 9.58. The zero-order chi connectivity index (χ0) is 14.5. The van der Waals surface area contributed by atoms with Crippen LogP contribution in [0.2, 0.25) is 0 Å². The lowest BCUT2D eigenvalue weighted by atomic mass is 10.1. The van der Waals surface area contributed by atoms with Gasteiger partial charge >= 0.3 is 5.97 Å². The number of nitrogens with one attached hydrogen (secondary N) is 1. The maximum atomic E-state index is 11.4. The van der Waals surface area contributed by atoms with Crippen LogP contribution in [-0.4, -0.2) is 35.6 Å². The average Bonchev–Trinajstić information content (AvgIpc) is 2.77. The minimum absolute atomic E-state index is 0.181. The Balaban J connectivity index is 2.05. The average molecular weight is 275 g/mol. The Labute approximate surface area is 117 Å². The Hall–Kier alpha value is -2.14. The lowest BCUT2D eigenvalue weighted by Crippen LogP contribution is -2.27. The monoisotopic (exact) mass is 275 g/mol. The number of carbonyl (C=O) groups excluding carboxylic acids is 2. The molecule has 1 saturated heterocycles. The molecule has 1 aromatic rings. The summed E-state index contributed by atoms with van der Waals surface area (Å²) in [6, 6.07) is 6.78. The van der Waals surface area contributed by atoms with Crippen LogP contribution in [0.15, 0.2) is 36.4 Å². The summed E-state index contributed by atoms with van der Waals surface area (Å²) >= 11 is 0. The van der Waals surface area contributed by atoms with Crippen molar-refractivity contribution in [2.24, 2.45) is 0 Å². The van der Waals surface area contributed by atoms with Gasteiger partial charge in [-0.1, -0.05) is 6.08 Å². The predicted octanol–water partition coefficient (Wildman–Crippen LogP) is 1.53. The van der Waals surface area contributed by atoms with E-state index in [2.05, 4.69) is 5.32 Å². The fourth-order valence-corrected chi connectivity index (χ4v) is 2.03. The van der Waals surface area contributed by atoms with Gasteiger partial charge in [0.15, 0.2) is 0 Å². The lowest BCUT2D eigenvalue weighted by molar-refractivity contribution is -0.140. The molecule has 20 heavy (non-hydrogen) atoms. The third-order valence-electron chi connectivity index (χ3n) is 3.03. The number of esters is 1. The number of benzene rings is 1. The van der Waals surface area contributed by atoms with Gasteiger partial charge in [0.2, 0.25) is 0 Å². The molecule has 2 N–H and O–H groups in total. The third kappa shape index (κ3) is 3.68. The van der Waals surface area contributed by atoms with E-state index >= 15 is 0 Å². The number of aliphatic hydroxyl groups excluding tert-OH is 1. The van der Waals surface area contributed by atoms with E-state index in [1.807, 2.05) is 0 Å². The van der Waals surface area contributed by atoms with Crippen LogP contribution in [-0.2, 0) is 9.53 Å². The fourth-order valence-electron chi connectivity index (χ4n) is 2.03. The largest absolute Gasteiger partial charge is 0.456 e. The molecule has 3 atom stereocenters. The minimum atomic E-state index is -0.582. The summed E-state index contributed by atoms with van der Waals surface area (Å²) in [7, 11) is 0. The van der Waals surface area contributed by atoms with Crippen molar-refractivity contribution < 1.29 is 19.4 Å². The maximum absolute atomic E-state index is 11.4. The van der Waals surface area contributed by atoms with Crippen LogP contribution in [0.25, 0.3) is 0 Å². The highest BCUT2D eigenvalue weighted by molar-refractivity contribution is 5.76. The van der Waals surface area contributed by atoms with Crippen LogP contribution in [0, 0.1) is 0 Å². The quantitative estimate of drug-likeness (QED) is 0.484. The smallest absolute Gasteiger partial charge is 0.308 e. The van der Waals surface area contributed by atoms with Crippen molar-refractivity contribution in [3.8, 4) is 0 Å².